The van der Waals surface area contributed by atoms with Gasteiger partial charge in [-0.1, -0.05) is 15.9 Å². The minimum Gasteiger partial charge on any atom is -0.466 e. The van der Waals surface area contributed by atoms with Gasteiger partial charge in [0.05, 0.1) is 12.5 Å². The topological polar surface area (TPSA) is 75.7 Å². The SMILES string of the molecule is CCOC(=O)CCCNC(=O)C1CC(=O)N(c2ccc(Br)cc2)C1. The first-order valence-corrected chi connectivity index (χ1v) is 8.79. The normalized spacial score (nSPS) is 17.0. The lowest BCUT2D eigenvalue weighted by atomic mass is 10.1. The van der Waals surface area contributed by atoms with Crippen molar-refractivity contribution < 1.29 is 19.1 Å². The molecule has 1 atom stereocenters. The zero-order chi connectivity index (χ0) is 17.5. The summed E-state index contributed by atoms with van der Waals surface area (Å²) in [6.07, 6.45) is 1.02. The highest BCUT2D eigenvalue weighted by Crippen LogP contribution is 2.26. The van der Waals surface area contributed by atoms with E-state index in [1.165, 1.54) is 0 Å². The van der Waals surface area contributed by atoms with Crippen molar-refractivity contribution in [1.82, 2.24) is 5.32 Å². The average molecular weight is 397 g/mol. The van der Waals surface area contributed by atoms with Crippen molar-refractivity contribution in [2.75, 3.05) is 24.6 Å². The highest BCUT2D eigenvalue weighted by atomic mass is 79.9. The molecule has 7 heteroatoms. The molecule has 0 bridgehead atoms. The maximum absolute atomic E-state index is 12.2. The smallest absolute Gasteiger partial charge is 0.305 e. The summed E-state index contributed by atoms with van der Waals surface area (Å²) >= 11 is 3.36. The number of halogens is 1. The monoisotopic (exact) mass is 396 g/mol. The molecule has 0 radical (unpaired) electrons. The molecule has 0 aromatic heterocycles. The van der Waals surface area contributed by atoms with Gasteiger partial charge in [0, 0.05) is 36.1 Å². The third kappa shape index (κ3) is 5.06. The second-order valence-corrected chi connectivity index (χ2v) is 6.50. The first-order valence-electron chi connectivity index (χ1n) is 8.00. The molecule has 6 nitrogen and oxygen atoms in total. The number of carbonyl (C=O) groups is 3. The fourth-order valence-electron chi connectivity index (χ4n) is 2.58. The summed E-state index contributed by atoms with van der Waals surface area (Å²) in [5, 5.41) is 2.79. The fourth-order valence-corrected chi connectivity index (χ4v) is 2.84. The number of nitrogens with one attached hydrogen (secondary N) is 1. The van der Waals surface area contributed by atoms with Crippen LogP contribution in [0, 0.1) is 5.92 Å². The molecule has 1 heterocycles. The van der Waals surface area contributed by atoms with Crippen molar-refractivity contribution in [2.24, 2.45) is 5.92 Å². The molecule has 1 aromatic rings. The van der Waals surface area contributed by atoms with Crippen molar-refractivity contribution in [2.45, 2.75) is 26.2 Å². The van der Waals surface area contributed by atoms with Crippen LogP contribution in [-0.4, -0.2) is 37.5 Å². The molecule has 1 aromatic carbocycles. The van der Waals surface area contributed by atoms with Gasteiger partial charge in [-0.25, -0.2) is 0 Å². The van der Waals surface area contributed by atoms with Crippen LogP contribution >= 0.6 is 15.9 Å². The van der Waals surface area contributed by atoms with E-state index in [0.29, 0.717) is 26.1 Å². The first-order chi connectivity index (χ1) is 11.5. The van der Waals surface area contributed by atoms with Gasteiger partial charge in [0.2, 0.25) is 11.8 Å². The lowest BCUT2D eigenvalue weighted by molar-refractivity contribution is -0.143. The lowest BCUT2D eigenvalue weighted by Gasteiger charge is -2.16. The van der Waals surface area contributed by atoms with Crippen molar-refractivity contribution in [1.29, 1.82) is 0 Å². The van der Waals surface area contributed by atoms with Gasteiger partial charge >= 0.3 is 5.97 Å². The molecule has 1 aliphatic rings. The highest BCUT2D eigenvalue weighted by molar-refractivity contribution is 9.10. The van der Waals surface area contributed by atoms with Gasteiger partial charge in [-0.05, 0) is 37.6 Å². The number of benzene rings is 1. The average Bonchev–Trinajstić information content (AvgIpc) is 2.94. The molecule has 0 saturated carbocycles. The summed E-state index contributed by atoms with van der Waals surface area (Å²) in [6, 6.07) is 7.43. The van der Waals surface area contributed by atoms with Crippen LogP contribution in [-0.2, 0) is 19.1 Å². The predicted molar refractivity (Wildman–Crippen MR) is 93.5 cm³/mol. The van der Waals surface area contributed by atoms with Crippen LogP contribution in [0.1, 0.15) is 26.2 Å². The van der Waals surface area contributed by atoms with E-state index in [1.807, 2.05) is 24.3 Å². The van der Waals surface area contributed by atoms with E-state index in [1.54, 1.807) is 11.8 Å². The summed E-state index contributed by atoms with van der Waals surface area (Å²) in [5.41, 5.74) is 0.792. The number of hydrogen-bond acceptors (Lipinski definition) is 4. The van der Waals surface area contributed by atoms with Gasteiger partial charge in [-0.2, -0.15) is 0 Å². The molecule has 1 unspecified atom stereocenters. The van der Waals surface area contributed by atoms with Crippen molar-refractivity contribution in [3.8, 4) is 0 Å². The van der Waals surface area contributed by atoms with Gasteiger partial charge in [0.15, 0.2) is 0 Å². The second-order valence-electron chi connectivity index (χ2n) is 5.58. The maximum atomic E-state index is 12.2. The highest BCUT2D eigenvalue weighted by Gasteiger charge is 2.34. The maximum Gasteiger partial charge on any atom is 0.305 e. The van der Waals surface area contributed by atoms with Crippen LogP contribution in [0.4, 0.5) is 5.69 Å². The van der Waals surface area contributed by atoms with Gasteiger partial charge in [-0.3, -0.25) is 14.4 Å². The number of amides is 2. The van der Waals surface area contributed by atoms with Gasteiger partial charge in [0.25, 0.3) is 0 Å². The van der Waals surface area contributed by atoms with Crippen LogP contribution in [0.5, 0.6) is 0 Å². The molecule has 130 valence electrons. The number of rotatable bonds is 7. The largest absolute Gasteiger partial charge is 0.466 e. The Morgan fingerprint density at radius 3 is 2.71 bits per heavy atom. The van der Waals surface area contributed by atoms with E-state index in [4.69, 9.17) is 4.74 Å². The lowest BCUT2D eigenvalue weighted by Crippen LogP contribution is -2.33. The Bertz CT molecular complexity index is 603. The minimum atomic E-state index is -0.358. The first kappa shape index (κ1) is 18.4. The van der Waals surface area contributed by atoms with Crippen molar-refractivity contribution >= 4 is 39.4 Å². The molecule has 1 fully saturated rings. The molecule has 2 rings (SSSR count). The van der Waals surface area contributed by atoms with Crippen molar-refractivity contribution in [3.63, 3.8) is 0 Å². The van der Waals surface area contributed by atoms with E-state index in [2.05, 4.69) is 21.2 Å². The fraction of sp³-hybridized carbons (Fsp3) is 0.471. The number of carbonyl (C=O) groups excluding carboxylic acids is 3. The number of nitrogens with zero attached hydrogens (tertiary/aromatic N) is 1. The number of hydrogen-bond donors (Lipinski definition) is 1. The third-order valence-electron chi connectivity index (χ3n) is 3.80. The van der Waals surface area contributed by atoms with E-state index >= 15 is 0 Å². The zero-order valence-electron chi connectivity index (χ0n) is 13.6. The molecular weight excluding hydrogens is 376 g/mol. The number of anilines is 1. The summed E-state index contributed by atoms with van der Waals surface area (Å²) in [4.78, 5) is 37.2. The molecule has 0 aliphatic carbocycles. The standard InChI is InChI=1S/C17H21BrN2O4/c1-2-24-16(22)4-3-9-19-17(23)12-10-15(21)20(11-12)14-7-5-13(18)6-8-14/h5-8,12H,2-4,9-11H2,1H3,(H,19,23). The molecule has 1 N–H and O–H groups in total. The van der Waals surface area contributed by atoms with E-state index in [9.17, 15) is 14.4 Å². The molecule has 1 aliphatic heterocycles. The Labute approximate surface area is 149 Å². The van der Waals surface area contributed by atoms with Crippen LogP contribution in [0.2, 0.25) is 0 Å². The number of ether oxygens (including phenoxy) is 1. The van der Waals surface area contributed by atoms with Crippen LogP contribution < -0.4 is 10.2 Å². The number of esters is 1. The molecular formula is C17H21BrN2O4. The van der Waals surface area contributed by atoms with E-state index in [0.717, 1.165) is 10.2 Å². The zero-order valence-corrected chi connectivity index (χ0v) is 15.2. The Morgan fingerprint density at radius 2 is 2.04 bits per heavy atom. The Balaban J connectivity index is 1.79. The van der Waals surface area contributed by atoms with Gasteiger partial charge < -0.3 is 15.0 Å². The van der Waals surface area contributed by atoms with E-state index in [-0.39, 0.29) is 36.5 Å². The van der Waals surface area contributed by atoms with Crippen LogP contribution in [0.25, 0.3) is 0 Å². The summed E-state index contributed by atoms with van der Waals surface area (Å²) in [6.45, 7) is 2.90. The summed E-state index contributed by atoms with van der Waals surface area (Å²) in [7, 11) is 0. The predicted octanol–water partition coefficient (Wildman–Crippen LogP) is 2.26. The molecule has 0 spiro atoms. The summed E-state index contributed by atoms with van der Waals surface area (Å²) in [5.74, 6) is -0.816. The van der Waals surface area contributed by atoms with Crippen LogP contribution in [0.3, 0.4) is 0 Å². The van der Waals surface area contributed by atoms with Crippen molar-refractivity contribution in [3.05, 3.63) is 28.7 Å². The minimum absolute atomic E-state index is 0.0519. The Hall–Kier alpha value is -1.89. The quantitative estimate of drug-likeness (QED) is 0.566. The van der Waals surface area contributed by atoms with E-state index < -0.39 is 0 Å². The molecule has 2 amide bonds. The van der Waals surface area contributed by atoms with Gasteiger partial charge in [0.1, 0.15) is 0 Å². The molecule has 24 heavy (non-hydrogen) atoms. The Morgan fingerprint density at radius 1 is 1.33 bits per heavy atom. The second kappa shape index (κ2) is 8.82. The van der Waals surface area contributed by atoms with Crippen LogP contribution in [0.15, 0.2) is 28.7 Å². The third-order valence-corrected chi connectivity index (χ3v) is 4.33. The molecule has 1 saturated heterocycles. The summed E-state index contributed by atoms with van der Waals surface area (Å²) < 4.78 is 5.77. The Kier molecular flexibility index (Phi) is 6.78. The van der Waals surface area contributed by atoms with Gasteiger partial charge in [-0.15, -0.1) is 0 Å².